The van der Waals surface area contributed by atoms with Gasteiger partial charge in [-0.15, -0.1) is 0 Å². The summed E-state index contributed by atoms with van der Waals surface area (Å²) in [5.74, 6) is -0.200. The molecule has 1 aromatic heterocycles. The molecule has 0 radical (unpaired) electrons. The molecule has 0 spiro atoms. The molecule has 0 aliphatic rings. The third kappa shape index (κ3) is 3.61. The van der Waals surface area contributed by atoms with Crippen LogP contribution < -0.4 is 5.32 Å². The van der Waals surface area contributed by atoms with Crippen LogP contribution in [-0.4, -0.2) is 28.7 Å². The first-order valence-electron chi connectivity index (χ1n) is 6.94. The number of rotatable bonds is 5. The summed E-state index contributed by atoms with van der Waals surface area (Å²) < 4.78 is 2.16. The van der Waals surface area contributed by atoms with Gasteiger partial charge in [-0.05, 0) is 43.7 Å². The highest BCUT2D eigenvalue weighted by atomic mass is 16.3. The van der Waals surface area contributed by atoms with Crippen molar-refractivity contribution in [2.24, 2.45) is 0 Å². The van der Waals surface area contributed by atoms with Crippen molar-refractivity contribution >= 4 is 12.0 Å². The third-order valence-electron chi connectivity index (χ3n) is 3.31. The van der Waals surface area contributed by atoms with Crippen LogP contribution in [0.1, 0.15) is 17.0 Å². The summed E-state index contributed by atoms with van der Waals surface area (Å²) in [6.45, 7) is 4.29. The summed E-state index contributed by atoms with van der Waals surface area (Å²) in [4.78, 5) is 11.5. The van der Waals surface area contributed by atoms with Crippen LogP contribution in [0.15, 0.2) is 42.5 Å². The van der Waals surface area contributed by atoms with Crippen molar-refractivity contribution in [1.29, 1.82) is 0 Å². The van der Waals surface area contributed by atoms with Gasteiger partial charge in [-0.25, -0.2) is 0 Å². The highest BCUT2D eigenvalue weighted by Crippen LogP contribution is 2.21. The van der Waals surface area contributed by atoms with Crippen LogP contribution in [0.4, 0.5) is 0 Å². The molecular weight excluding hydrogens is 264 g/mol. The Morgan fingerprint density at radius 1 is 1.29 bits per heavy atom. The van der Waals surface area contributed by atoms with Crippen LogP contribution in [-0.2, 0) is 4.79 Å². The van der Waals surface area contributed by atoms with Crippen LogP contribution in [0.2, 0.25) is 0 Å². The van der Waals surface area contributed by atoms with Gasteiger partial charge in [0, 0.05) is 29.7 Å². The van der Waals surface area contributed by atoms with Crippen molar-refractivity contribution in [2.45, 2.75) is 13.8 Å². The Bertz CT molecular complexity index is 642. The predicted octanol–water partition coefficient (Wildman–Crippen LogP) is 2.22. The predicted molar refractivity (Wildman–Crippen MR) is 84.4 cm³/mol. The molecule has 2 rings (SSSR count). The van der Waals surface area contributed by atoms with Crippen LogP contribution in [0.3, 0.4) is 0 Å². The van der Waals surface area contributed by atoms with E-state index in [-0.39, 0.29) is 19.1 Å². The Hall–Kier alpha value is -2.33. The third-order valence-corrected chi connectivity index (χ3v) is 3.31. The number of nitrogens with one attached hydrogen (secondary N) is 1. The normalized spacial score (nSPS) is 11.0. The molecule has 4 heteroatoms. The van der Waals surface area contributed by atoms with Crippen molar-refractivity contribution in [3.05, 3.63) is 59.4 Å². The van der Waals surface area contributed by atoms with E-state index in [2.05, 4.69) is 28.1 Å². The molecule has 0 unspecified atom stereocenters. The summed E-state index contributed by atoms with van der Waals surface area (Å²) in [5, 5.41) is 11.3. The summed E-state index contributed by atoms with van der Waals surface area (Å²) in [6, 6.07) is 12.2. The van der Waals surface area contributed by atoms with Gasteiger partial charge in [0.05, 0.1) is 6.61 Å². The second-order valence-electron chi connectivity index (χ2n) is 4.85. The number of aromatic nitrogens is 1. The summed E-state index contributed by atoms with van der Waals surface area (Å²) in [5.41, 5.74) is 4.33. The molecule has 4 nitrogen and oxygen atoms in total. The average molecular weight is 284 g/mol. The molecule has 1 aromatic carbocycles. The first-order valence-corrected chi connectivity index (χ1v) is 6.94. The van der Waals surface area contributed by atoms with Gasteiger partial charge in [0.1, 0.15) is 0 Å². The lowest BCUT2D eigenvalue weighted by atomic mass is 10.2. The maximum Gasteiger partial charge on any atom is 0.244 e. The van der Waals surface area contributed by atoms with E-state index in [0.717, 1.165) is 22.6 Å². The number of carbonyl (C=O) groups is 1. The monoisotopic (exact) mass is 284 g/mol. The van der Waals surface area contributed by atoms with E-state index in [0.29, 0.717) is 0 Å². The van der Waals surface area contributed by atoms with E-state index in [9.17, 15) is 4.79 Å². The molecule has 0 fully saturated rings. The largest absolute Gasteiger partial charge is 0.395 e. The lowest BCUT2D eigenvalue weighted by molar-refractivity contribution is -0.116. The van der Waals surface area contributed by atoms with E-state index >= 15 is 0 Å². The van der Waals surface area contributed by atoms with Gasteiger partial charge in [-0.1, -0.05) is 18.2 Å². The Morgan fingerprint density at radius 3 is 2.67 bits per heavy atom. The minimum Gasteiger partial charge on any atom is -0.395 e. The van der Waals surface area contributed by atoms with Crippen molar-refractivity contribution in [1.82, 2.24) is 9.88 Å². The van der Waals surface area contributed by atoms with Crippen LogP contribution >= 0.6 is 0 Å². The molecule has 0 atom stereocenters. The van der Waals surface area contributed by atoms with E-state index in [1.165, 1.54) is 6.08 Å². The lowest BCUT2D eigenvalue weighted by Gasteiger charge is -2.09. The minimum absolute atomic E-state index is 0.0535. The first-order chi connectivity index (χ1) is 10.1. The zero-order chi connectivity index (χ0) is 15.2. The molecule has 110 valence electrons. The first kappa shape index (κ1) is 15.1. The van der Waals surface area contributed by atoms with Gasteiger partial charge in [-0.2, -0.15) is 0 Å². The molecule has 2 aromatic rings. The maximum absolute atomic E-state index is 11.5. The minimum atomic E-state index is -0.200. The van der Waals surface area contributed by atoms with Crippen molar-refractivity contribution in [3.8, 4) is 5.69 Å². The highest BCUT2D eigenvalue weighted by Gasteiger charge is 2.08. The smallest absolute Gasteiger partial charge is 0.244 e. The summed E-state index contributed by atoms with van der Waals surface area (Å²) in [7, 11) is 0. The number of hydrogen-bond donors (Lipinski definition) is 2. The number of aryl methyl sites for hydroxylation is 1. The zero-order valence-electron chi connectivity index (χ0n) is 12.3. The highest BCUT2D eigenvalue weighted by molar-refractivity contribution is 5.91. The molecular formula is C17H20N2O2. The SMILES string of the molecule is Cc1cc(/C=C/C(=O)NCCO)c(C)n1-c1ccccc1. The molecule has 1 amide bonds. The average Bonchev–Trinajstić information content (AvgIpc) is 2.78. The fraction of sp³-hybridized carbons (Fsp3) is 0.235. The second-order valence-corrected chi connectivity index (χ2v) is 4.85. The molecule has 21 heavy (non-hydrogen) atoms. The fourth-order valence-electron chi connectivity index (χ4n) is 2.33. The molecule has 0 aliphatic heterocycles. The standard InChI is InChI=1S/C17H20N2O2/c1-13-12-15(8-9-17(21)18-10-11-20)14(2)19(13)16-6-4-3-5-7-16/h3-9,12,20H,10-11H2,1-2H3,(H,18,21)/b9-8+. The topological polar surface area (TPSA) is 54.3 Å². The molecule has 1 heterocycles. The number of para-hydroxylation sites is 1. The van der Waals surface area contributed by atoms with E-state index in [1.54, 1.807) is 6.08 Å². The van der Waals surface area contributed by atoms with Gasteiger partial charge in [0.15, 0.2) is 0 Å². The quantitative estimate of drug-likeness (QED) is 0.827. The number of amides is 1. The van der Waals surface area contributed by atoms with Crippen LogP contribution in [0.25, 0.3) is 11.8 Å². The lowest BCUT2D eigenvalue weighted by Crippen LogP contribution is -2.24. The van der Waals surface area contributed by atoms with Crippen LogP contribution in [0, 0.1) is 13.8 Å². The van der Waals surface area contributed by atoms with E-state index < -0.39 is 0 Å². The van der Waals surface area contributed by atoms with Gasteiger partial charge >= 0.3 is 0 Å². The Balaban J connectivity index is 2.24. The Kier molecular flexibility index (Phi) is 4.95. The van der Waals surface area contributed by atoms with Gasteiger partial charge < -0.3 is 15.0 Å². The number of aliphatic hydroxyl groups excluding tert-OH is 1. The summed E-state index contributed by atoms with van der Waals surface area (Å²) >= 11 is 0. The number of aliphatic hydroxyl groups is 1. The number of benzene rings is 1. The van der Waals surface area contributed by atoms with Crippen molar-refractivity contribution < 1.29 is 9.90 Å². The molecule has 2 N–H and O–H groups in total. The van der Waals surface area contributed by atoms with Gasteiger partial charge in [0.2, 0.25) is 5.91 Å². The van der Waals surface area contributed by atoms with Crippen LogP contribution in [0.5, 0.6) is 0 Å². The van der Waals surface area contributed by atoms with Crippen molar-refractivity contribution in [2.75, 3.05) is 13.2 Å². The molecule has 0 saturated carbocycles. The zero-order valence-corrected chi connectivity index (χ0v) is 12.3. The van der Waals surface area contributed by atoms with Gasteiger partial charge in [-0.3, -0.25) is 4.79 Å². The second kappa shape index (κ2) is 6.90. The Labute approximate surface area is 124 Å². The number of carbonyl (C=O) groups excluding carboxylic acids is 1. The Morgan fingerprint density at radius 2 is 2.00 bits per heavy atom. The van der Waals surface area contributed by atoms with Gasteiger partial charge in [0.25, 0.3) is 0 Å². The number of nitrogens with zero attached hydrogens (tertiary/aromatic N) is 1. The van der Waals surface area contributed by atoms with E-state index in [1.807, 2.05) is 32.0 Å². The number of hydrogen-bond acceptors (Lipinski definition) is 2. The maximum atomic E-state index is 11.5. The summed E-state index contributed by atoms with van der Waals surface area (Å²) in [6.07, 6.45) is 3.29. The molecule has 0 aliphatic carbocycles. The van der Waals surface area contributed by atoms with E-state index in [4.69, 9.17) is 5.11 Å². The molecule has 0 bridgehead atoms. The van der Waals surface area contributed by atoms with Crippen molar-refractivity contribution in [3.63, 3.8) is 0 Å². The molecule has 0 saturated heterocycles. The fourth-order valence-corrected chi connectivity index (χ4v) is 2.33.